The Kier molecular flexibility index (Phi) is 5.33. The lowest BCUT2D eigenvalue weighted by molar-refractivity contribution is 0.569. The Balaban J connectivity index is 1.82. The minimum absolute atomic E-state index is 0.676. The van der Waals surface area contributed by atoms with Gasteiger partial charge in [-0.05, 0) is 29.7 Å². The molecule has 98 valence electrons. The monoisotopic (exact) mass is 261 g/mol. The van der Waals surface area contributed by atoms with E-state index in [0.717, 1.165) is 11.8 Å². The lowest BCUT2D eigenvalue weighted by Gasteiger charge is -2.21. The average molecular weight is 261 g/mol. The zero-order valence-electron chi connectivity index (χ0n) is 11.2. The molecule has 2 heteroatoms. The molecule has 1 aliphatic carbocycles. The van der Waals surface area contributed by atoms with Gasteiger partial charge < -0.3 is 5.32 Å². The molecule has 1 N–H and O–H groups in total. The van der Waals surface area contributed by atoms with Crippen molar-refractivity contribution in [3.8, 4) is 0 Å². The van der Waals surface area contributed by atoms with Gasteiger partial charge in [-0.15, -0.1) is 0 Å². The van der Waals surface area contributed by atoms with Gasteiger partial charge >= 0.3 is 0 Å². The molecule has 18 heavy (non-hydrogen) atoms. The highest BCUT2D eigenvalue weighted by Gasteiger charge is 2.26. The first-order valence-corrected chi connectivity index (χ1v) is 7.94. The molecule has 1 aromatic carbocycles. The normalized spacial score (nSPS) is 23.2. The van der Waals surface area contributed by atoms with E-state index in [-0.39, 0.29) is 0 Å². The van der Waals surface area contributed by atoms with Crippen molar-refractivity contribution in [1.82, 2.24) is 5.32 Å². The number of hydrogen-bond donors (Lipinski definition) is 1. The van der Waals surface area contributed by atoms with Gasteiger partial charge in [0.2, 0.25) is 0 Å². The van der Waals surface area contributed by atoms with E-state index in [0.29, 0.717) is 6.04 Å². The van der Waals surface area contributed by atoms with E-state index in [4.69, 9.17) is 0 Å². The van der Waals surface area contributed by atoms with E-state index in [9.17, 15) is 0 Å². The fourth-order valence-corrected chi connectivity index (χ4v) is 3.83. The van der Waals surface area contributed by atoms with Gasteiger partial charge in [0.1, 0.15) is 0 Å². The first kappa shape index (κ1) is 13.7. The van der Waals surface area contributed by atoms with Crippen molar-refractivity contribution in [3.63, 3.8) is 0 Å². The number of benzene rings is 1. The molecular weight excluding hydrogens is 238 g/mol. The van der Waals surface area contributed by atoms with E-state index < -0.39 is 0 Å². The highest BCUT2D eigenvalue weighted by Crippen LogP contribution is 2.30. The standard InChI is InChI=1S/C16H23NS/c1-3-18-16-11-7-10-15(16)17-12-13(2)14-8-5-4-6-9-14/h4-6,8-9,15-17H,2-3,7,10-12H2,1H3. The molecule has 0 spiro atoms. The van der Waals surface area contributed by atoms with E-state index in [1.165, 1.54) is 36.2 Å². The summed E-state index contributed by atoms with van der Waals surface area (Å²) < 4.78 is 0. The minimum atomic E-state index is 0.676. The van der Waals surface area contributed by atoms with Crippen molar-refractivity contribution in [2.24, 2.45) is 0 Å². The summed E-state index contributed by atoms with van der Waals surface area (Å²) in [4.78, 5) is 0. The number of rotatable bonds is 6. The molecule has 2 unspecified atom stereocenters. The molecule has 1 saturated carbocycles. The summed E-state index contributed by atoms with van der Waals surface area (Å²) in [5.41, 5.74) is 2.45. The second-order valence-corrected chi connectivity index (χ2v) is 6.40. The molecule has 2 atom stereocenters. The van der Waals surface area contributed by atoms with E-state index in [1.807, 2.05) is 0 Å². The summed E-state index contributed by atoms with van der Waals surface area (Å²) in [6.45, 7) is 7.35. The van der Waals surface area contributed by atoms with Gasteiger partial charge in [0, 0.05) is 17.8 Å². The van der Waals surface area contributed by atoms with Crippen molar-refractivity contribution in [3.05, 3.63) is 42.5 Å². The Labute approximate surface area is 115 Å². The second-order valence-electron chi connectivity index (χ2n) is 4.88. The molecule has 0 aromatic heterocycles. The van der Waals surface area contributed by atoms with E-state index >= 15 is 0 Å². The maximum atomic E-state index is 4.19. The maximum Gasteiger partial charge on any atom is 0.0208 e. The summed E-state index contributed by atoms with van der Waals surface area (Å²) in [6, 6.07) is 11.1. The molecule has 0 bridgehead atoms. The van der Waals surface area contributed by atoms with Gasteiger partial charge in [-0.25, -0.2) is 0 Å². The van der Waals surface area contributed by atoms with Gasteiger partial charge in [0.15, 0.2) is 0 Å². The van der Waals surface area contributed by atoms with Crippen molar-refractivity contribution < 1.29 is 0 Å². The summed E-state index contributed by atoms with van der Waals surface area (Å²) in [6.07, 6.45) is 4.06. The van der Waals surface area contributed by atoms with Crippen LogP contribution in [-0.2, 0) is 0 Å². The molecule has 1 fully saturated rings. The first-order valence-electron chi connectivity index (χ1n) is 6.89. The topological polar surface area (TPSA) is 12.0 Å². The van der Waals surface area contributed by atoms with Crippen molar-refractivity contribution in [2.75, 3.05) is 12.3 Å². The third-order valence-electron chi connectivity index (χ3n) is 3.59. The van der Waals surface area contributed by atoms with Crippen LogP contribution in [-0.4, -0.2) is 23.6 Å². The van der Waals surface area contributed by atoms with E-state index in [1.54, 1.807) is 0 Å². The van der Waals surface area contributed by atoms with Gasteiger partial charge in [-0.2, -0.15) is 11.8 Å². The Bertz CT molecular complexity index is 374. The third kappa shape index (κ3) is 3.63. The molecule has 0 amide bonds. The highest BCUT2D eigenvalue weighted by molar-refractivity contribution is 7.99. The molecule has 1 aromatic rings. The summed E-state index contributed by atoms with van der Waals surface area (Å²) in [7, 11) is 0. The number of hydrogen-bond acceptors (Lipinski definition) is 2. The van der Waals surface area contributed by atoms with Gasteiger partial charge in [-0.1, -0.05) is 50.3 Å². The van der Waals surface area contributed by atoms with Crippen molar-refractivity contribution in [1.29, 1.82) is 0 Å². The van der Waals surface area contributed by atoms with Crippen LogP contribution in [0.2, 0.25) is 0 Å². The molecule has 1 aliphatic rings. The number of nitrogens with one attached hydrogen (secondary N) is 1. The van der Waals surface area contributed by atoms with Crippen LogP contribution < -0.4 is 5.32 Å². The van der Waals surface area contributed by atoms with Gasteiger partial charge in [0.25, 0.3) is 0 Å². The lowest BCUT2D eigenvalue weighted by atomic mass is 10.1. The van der Waals surface area contributed by atoms with Crippen LogP contribution in [0.3, 0.4) is 0 Å². The Morgan fingerprint density at radius 3 is 2.83 bits per heavy atom. The highest BCUT2D eigenvalue weighted by atomic mass is 32.2. The number of thioether (sulfide) groups is 1. The second kappa shape index (κ2) is 7.01. The smallest absolute Gasteiger partial charge is 0.0208 e. The predicted molar refractivity (Wildman–Crippen MR) is 83.0 cm³/mol. The maximum absolute atomic E-state index is 4.19. The fraction of sp³-hybridized carbons (Fsp3) is 0.500. The Morgan fingerprint density at radius 2 is 2.11 bits per heavy atom. The summed E-state index contributed by atoms with van der Waals surface area (Å²) in [5.74, 6) is 1.22. The molecule has 1 nitrogen and oxygen atoms in total. The van der Waals surface area contributed by atoms with E-state index in [2.05, 4.69) is 60.9 Å². The van der Waals surface area contributed by atoms with Gasteiger partial charge in [-0.3, -0.25) is 0 Å². The largest absolute Gasteiger partial charge is 0.309 e. The zero-order valence-corrected chi connectivity index (χ0v) is 12.0. The quantitative estimate of drug-likeness (QED) is 0.832. The average Bonchev–Trinajstić information content (AvgIpc) is 2.85. The molecule has 0 radical (unpaired) electrons. The van der Waals surface area contributed by atoms with Crippen molar-refractivity contribution >= 4 is 17.3 Å². The fourth-order valence-electron chi connectivity index (χ4n) is 2.60. The first-order chi connectivity index (χ1) is 8.81. The van der Waals surface area contributed by atoms with Crippen LogP contribution in [0.1, 0.15) is 31.7 Å². The van der Waals surface area contributed by atoms with Crippen LogP contribution in [0.25, 0.3) is 5.57 Å². The summed E-state index contributed by atoms with van der Waals surface area (Å²) >= 11 is 2.10. The SMILES string of the molecule is C=C(CNC1CCCC1SCC)c1ccccc1. The minimum Gasteiger partial charge on any atom is -0.309 e. The van der Waals surface area contributed by atoms with Crippen LogP contribution in [0.15, 0.2) is 36.9 Å². The van der Waals surface area contributed by atoms with Crippen LogP contribution in [0.4, 0.5) is 0 Å². The molecule has 0 aliphatic heterocycles. The van der Waals surface area contributed by atoms with Crippen LogP contribution >= 0.6 is 11.8 Å². The molecule has 0 heterocycles. The Hall–Kier alpha value is -0.730. The predicted octanol–water partition coefficient (Wildman–Crippen LogP) is 3.96. The lowest BCUT2D eigenvalue weighted by Crippen LogP contribution is -2.35. The third-order valence-corrected chi connectivity index (χ3v) is 4.92. The van der Waals surface area contributed by atoms with Crippen LogP contribution in [0.5, 0.6) is 0 Å². The van der Waals surface area contributed by atoms with Crippen LogP contribution in [0, 0.1) is 0 Å². The van der Waals surface area contributed by atoms with Gasteiger partial charge in [0.05, 0.1) is 0 Å². The zero-order chi connectivity index (χ0) is 12.8. The summed E-state index contributed by atoms with van der Waals surface area (Å²) in [5, 5.41) is 4.50. The van der Waals surface area contributed by atoms with Crippen molar-refractivity contribution in [2.45, 2.75) is 37.5 Å². The molecule has 0 saturated heterocycles. The molecular formula is C16H23NS. The molecule has 2 rings (SSSR count). The Morgan fingerprint density at radius 1 is 1.33 bits per heavy atom.